The Morgan fingerprint density at radius 2 is 2.00 bits per heavy atom. The Hall–Kier alpha value is -1.74. The molecule has 0 amide bonds. The van der Waals surface area contributed by atoms with E-state index >= 15 is 0 Å². The van der Waals surface area contributed by atoms with Crippen molar-refractivity contribution in [3.63, 3.8) is 0 Å². The number of nitrogens with zero attached hydrogens (tertiary/aromatic N) is 1. The molecule has 1 aromatic carbocycles. The first-order valence-electron chi connectivity index (χ1n) is 5.28. The Balaban J connectivity index is 1.94. The number of rotatable bonds is 4. The zero-order valence-electron chi connectivity index (χ0n) is 9.39. The van der Waals surface area contributed by atoms with E-state index in [1.807, 2.05) is 24.3 Å². The summed E-state index contributed by atoms with van der Waals surface area (Å²) in [5, 5.41) is 0. The van der Waals surface area contributed by atoms with Gasteiger partial charge in [0.1, 0.15) is 0 Å². The van der Waals surface area contributed by atoms with Gasteiger partial charge in [-0.3, -0.25) is 4.90 Å². The fourth-order valence-electron chi connectivity index (χ4n) is 1.75. The van der Waals surface area contributed by atoms with Crippen LogP contribution in [0, 0.1) is 0 Å². The van der Waals surface area contributed by atoms with Crippen LogP contribution in [-0.4, -0.2) is 11.9 Å². The Labute approximate surface area is 95.5 Å². The predicted molar refractivity (Wildman–Crippen MR) is 64.7 cm³/mol. The first-order chi connectivity index (χ1) is 7.74. The topological polar surface area (TPSA) is 42.4 Å². The third-order valence-electron chi connectivity index (χ3n) is 2.44. The minimum atomic E-state index is 0.814. The van der Waals surface area contributed by atoms with Crippen molar-refractivity contribution >= 4 is 5.69 Å². The fourth-order valence-corrected chi connectivity index (χ4v) is 1.75. The van der Waals surface area contributed by atoms with Crippen LogP contribution in [0.15, 0.2) is 47.3 Å². The molecular weight excluding hydrogens is 200 g/mol. The Bertz CT molecular complexity index is 437. The van der Waals surface area contributed by atoms with Crippen molar-refractivity contribution in [3.05, 3.63) is 54.0 Å². The number of benzene rings is 1. The zero-order valence-corrected chi connectivity index (χ0v) is 9.39. The molecule has 0 radical (unpaired) electrons. The highest BCUT2D eigenvalue weighted by Crippen LogP contribution is 2.11. The smallest absolute Gasteiger partial charge is 0.0947 e. The molecule has 2 rings (SSSR count). The highest BCUT2D eigenvalue weighted by molar-refractivity contribution is 5.40. The zero-order chi connectivity index (χ0) is 11.4. The molecule has 0 aliphatic heterocycles. The van der Waals surface area contributed by atoms with Gasteiger partial charge in [0.15, 0.2) is 0 Å². The summed E-state index contributed by atoms with van der Waals surface area (Å²) in [5.74, 6) is 0. The van der Waals surface area contributed by atoms with E-state index in [0.717, 1.165) is 18.8 Å². The largest absolute Gasteiger partial charge is 0.472 e. The standard InChI is InChI=1S/C13H16N2O/c1-15(9-12-5-6-16-10-12)8-11-3-2-4-13(14)7-11/h2-7,10H,8-9,14H2,1H3. The lowest BCUT2D eigenvalue weighted by Crippen LogP contribution is -2.16. The first-order valence-corrected chi connectivity index (χ1v) is 5.28. The molecule has 0 atom stereocenters. The van der Waals surface area contributed by atoms with Gasteiger partial charge in [-0.2, -0.15) is 0 Å². The maximum Gasteiger partial charge on any atom is 0.0947 e. The molecule has 3 nitrogen and oxygen atoms in total. The van der Waals surface area contributed by atoms with Crippen molar-refractivity contribution in [2.24, 2.45) is 0 Å². The number of hydrogen-bond acceptors (Lipinski definition) is 3. The fraction of sp³-hybridized carbons (Fsp3) is 0.231. The minimum absolute atomic E-state index is 0.814. The summed E-state index contributed by atoms with van der Waals surface area (Å²) in [6.45, 7) is 1.77. The average Bonchev–Trinajstić information content (AvgIpc) is 2.70. The van der Waals surface area contributed by atoms with Crippen LogP contribution in [0.25, 0.3) is 0 Å². The van der Waals surface area contributed by atoms with E-state index in [0.29, 0.717) is 0 Å². The van der Waals surface area contributed by atoms with Gasteiger partial charge in [0, 0.05) is 24.3 Å². The maximum atomic E-state index is 5.74. The van der Waals surface area contributed by atoms with Gasteiger partial charge in [-0.15, -0.1) is 0 Å². The normalized spacial score (nSPS) is 10.9. The number of hydrogen-bond donors (Lipinski definition) is 1. The van der Waals surface area contributed by atoms with E-state index < -0.39 is 0 Å². The van der Waals surface area contributed by atoms with E-state index in [1.54, 1.807) is 12.5 Å². The van der Waals surface area contributed by atoms with Crippen LogP contribution < -0.4 is 5.73 Å². The van der Waals surface area contributed by atoms with Gasteiger partial charge in [-0.05, 0) is 30.8 Å². The van der Waals surface area contributed by atoms with E-state index in [2.05, 4.69) is 18.0 Å². The van der Waals surface area contributed by atoms with Crippen molar-refractivity contribution in [2.75, 3.05) is 12.8 Å². The van der Waals surface area contributed by atoms with Gasteiger partial charge in [-0.25, -0.2) is 0 Å². The second-order valence-electron chi connectivity index (χ2n) is 4.05. The molecular formula is C13H16N2O. The molecule has 0 unspecified atom stereocenters. The maximum absolute atomic E-state index is 5.74. The van der Waals surface area contributed by atoms with Crippen molar-refractivity contribution in [3.8, 4) is 0 Å². The summed E-state index contributed by atoms with van der Waals surface area (Å²) >= 11 is 0. The third-order valence-corrected chi connectivity index (χ3v) is 2.44. The van der Waals surface area contributed by atoms with Crippen LogP contribution in [0.2, 0.25) is 0 Å². The van der Waals surface area contributed by atoms with Crippen LogP contribution in [0.5, 0.6) is 0 Å². The lowest BCUT2D eigenvalue weighted by atomic mass is 10.2. The highest BCUT2D eigenvalue weighted by atomic mass is 16.3. The Morgan fingerprint density at radius 1 is 1.19 bits per heavy atom. The summed E-state index contributed by atoms with van der Waals surface area (Å²) < 4.78 is 5.04. The molecule has 0 saturated carbocycles. The lowest BCUT2D eigenvalue weighted by molar-refractivity contribution is 0.318. The molecule has 1 aromatic heterocycles. The second kappa shape index (κ2) is 4.86. The number of nitrogens with two attached hydrogens (primary N) is 1. The van der Waals surface area contributed by atoms with Crippen molar-refractivity contribution < 1.29 is 4.42 Å². The summed E-state index contributed by atoms with van der Waals surface area (Å²) in [5.41, 5.74) is 8.97. The van der Waals surface area contributed by atoms with Crippen LogP contribution in [0.4, 0.5) is 5.69 Å². The van der Waals surface area contributed by atoms with Crippen LogP contribution in [0.3, 0.4) is 0 Å². The molecule has 0 spiro atoms. The number of nitrogen functional groups attached to an aromatic ring is 1. The lowest BCUT2D eigenvalue weighted by Gasteiger charge is -2.15. The summed E-state index contributed by atoms with van der Waals surface area (Å²) in [6, 6.07) is 9.96. The second-order valence-corrected chi connectivity index (χ2v) is 4.05. The van der Waals surface area contributed by atoms with Crippen LogP contribution in [-0.2, 0) is 13.1 Å². The van der Waals surface area contributed by atoms with Gasteiger partial charge in [0.2, 0.25) is 0 Å². The van der Waals surface area contributed by atoms with Crippen molar-refractivity contribution in [1.29, 1.82) is 0 Å². The SMILES string of the molecule is CN(Cc1ccoc1)Cc1cccc(N)c1. The third kappa shape index (κ3) is 2.87. The number of furan rings is 1. The van der Waals surface area contributed by atoms with Crippen LogP contribution >= 0.6 is 0 Å². The Morgan fingerprint density at radius 3 is 2.69 bits per heavy atom. The first kappa shape index (κ1) is 10.8. The van der Waals surface area contributed by atoms with Gasteiger partial charge in [0.25, 0.3) is 0 Å². The predicted octanol–water partition coefficient (Wildman–Crippen LogP) is 2.49. The number of anilines is 1. The molecule has 16 heavy (non-hydrogen) atoms. The molecule has 0 fully saturated rings. The van der Waals surface area contributed by atoms with Crippen LogP contribution in [0.1, 0.15) is 11.1 Å². The van der Waals surface area contributed by atoms with Gasteiger partial charge in [0.05, 0.1) is 12.5 Å². The van der Waals surface area contributed by atoms with Crippen molar-refractivity contribution in [1.82, 2.24) is 4.90 Å². The molecule has 2 N–H and O–H groups in total. The molecule has 0 saturated heterocycles. The quantitative estimate of drug-likeness (QED) is 0.798. The van der Waals surface area contributed by atoms with E-state index in [-0.39, 0.29) is 0 Å². The molecule has 0 bridgehead atoms. The van der Waals surface area contributed by atoms with Gasteiger partial charge >= 0.3 is 0 Å². The molecule has 1 heterocycles. The summed E-state index contributed by atoms with van der Waals surface area (Å²) in [6.07, 6.45) is 3.47. The Kier molecular flexibility index (Phi) is 3.27. The molecule has 0 aliphatic carbocycles. The molecule has 0 aliphatic rings. The van der Waals surface area contributed by atoms with Gasteiger partial charge < -0.3 is 10.2 Å². The van der Waals surface area contributed by atoms with E-state index in [1.165, 1.54) is 11.1 Å². The minimum Gasteiger partial charge on any atom is -0.472 e. The van der Waals surface area contributed by atoms with Gasteiger partial charge in [-0.1, -0.05) is 12.1 Å². The monoisotopic (exact) mass is 216 g/mol. The van der Waals surface area contributed by atoms with Crippen molar-refractivity contribution in [2.45, 2.75) is 13.1 Å². The molecule has 2 aromatic rings. The summed E-state index contributed by atoms with van der Waals surface area (Å²) in [4.78, 5) is 2.22. The van der Waals surface area contributed by atoms with E-state index in [9.17, 15) is 0 Å². The average molecular weight is 216 g/mol. The molecule has 84 valence electrons. The molecule has 3 heteroatoms. The summed E-state index contributed by atoms with van der Waals surface area (Å²) in [7, 11) is 2.08. The van der Waals surface area contributed by atoms with E-state index in [4.69, 9.17) is 10.2 Å². The highest BCUT2D eigenvalue weighted by Gasteiger charge is 2.02.